The van der Waals surface area contributed by atoms with Crippen molar-refractivity contribution in [3.8, 4) is 0 Å². The van der Waals surface area contributed by atoms with Crippen LogP contribution in [0.15, 0.2) is 24.3 Å². The van der Waals surface area contributed by atoms with Gasteiger partial charge in [0.25, 0.3) is 0 Å². The lowest BCUT2D eigenvalue weighted by atomic mass is 9.97. The first-order valence-electron chi connectivity index (χ1n) is 5.40. The van der Waals surface area contributed by atoms with E-state index in [0.717, 1.165) is 12.8 Å². The summed E-state index contributed by atoms with van der Waals surface area (Å²) in [5.74, 6) is -1.14. The van der Waals surface area contributed by atoms with Gasteiger partial charge >= 0.3 is 5.97 Å². The second-order valence-corrected chi connectivity index (χ2v) is 4.23. The number of rotatable bonds is 3. The van der Waals surface area contributed by atoms with E-state index in [2.05, 4.69) is 5.32 Å². The molecule has 0 amide bonds. The SMILES string of the molecule is O=C(O)C1(Nc2ccc(F)cc2)CCCC1. The van der Waals surface area contributed by atoms with E-state index in [0.29, 0.717) is 18.5 Å². The molecule has 4 heteroatoms. The van der Waals surface area contributed by atoms with E-state index >= 15 is 0 Å². The zero-order valence-corrected chi connectivity index (χ0v) is 8.87. The predicted octanol–water partition coefficient (Wildman–Crippen LogP) is 2.64. The lowest BCUT2D eigenvalue weighted by Gasteiger charge is -2.26. The predicted molar refractivity (Wildman–Crippen MR) is 58.9 cm³/mol. The summed E-state index contributed by atoms with van der Waals surface area (Å²) in [4.78, 5) is 11.3. The first-order chi connectivity index (χ1) is 7.62. The van der Waals surface area contributed by atoms with Crippen molar-refractivity contribution in [3.05, 3.63) is 30.1 Å². The molecule has 0 unspecified atom stereocenters. The van der Waals surface area contributed by atoms with Crippen molar-refractivity contribution in [1.29, 1.82) is 0 Å². The molecular weight excluding hydrogens is 209 g/mol. The molecule has 0 heterocycles. The summed E-state index contributed by atoms with van der Waals surface area (Å²) in [6, 6.07) is 5.79. The lowest BCUT2D eigenvalue weighted by Crippen LogP contribution is -2.43. The molecule has 2 rings (SSSR count). The third-order valence-corrected chi connectivity index (χ3v) is 3.09. The maximum atomic E-state index is 12.7. The maximum Gasteiger partial charge on any atom is 0.329 e. The molecule has 0 aliphatic heterocycles. The molecule has 86 valence electrons. The van der Waals surface area contributed by atoms with Crippen molar-refractivity contribution in [1.82, 2.24) is 0 Å². The Morgan fingerprint density at radius 1 is 1.25 bits per heavy atom. The minimum absolute atomic E-state index is 0.318. The van der Waals surface area contributed by atoms with Crippen molar-refractivity contribution < 1.29 is 14.3 Å². The Bertz CT molecular complexity index is 383. The fourth-order valence-corrected chi connectivity index (χ4v) is 2.18. The Morgan fingerprint density at radius 2 is 1.81 bits per heavy atom. The molecule has 1 fully saturated rings. The first kappa shape index (κ1) is 10.9. The van der Waals surface area contributed by atoms with Crippen LogP contribution in [0.2, 0.25) is 0 Å². The van der Waals surface area contributed by atoms with Crippen molar-refractivity contribution in [2.24, 2.45) is 0 Å². The van der Waals surface area contributed by atoms with Gasteiger partial charge in [-0.1, -0.05) is 12.8 Å². The standard InChI is InChI=1S/C12H14FNO2/c13-9-3-5-10(6-4-9)14-12(11(15)16)7-1-2-8-12/h3-6,14H,1-2,7-8H2,(H,15,16). The first-order valence-corrected chi connectivity index (χ1v) is 5.40. The molecule has 0 bridgehead atoms. The molecule has 1 aliphatic rings. The van der Waals surface area contributed by atoms with Gasteiger partial charge in [0.1, 0.15) is 11.4 Å². The van der Waals surface area contributed by atoms with Gasteiger partial charge in [-0.3, -0.25) is 0 Å². The van der Waals surface area contributed by atoms with Gasteiger partial charge in [-0.25, -0.2) is 9.18 Å². The monoisotopic (exact) mass is 223 g/mol. The molecule has 0 aromatic heterocycles. The number of hydrogen-bond acceptors (Lipinski definition) is 2. The Balaban J connectivity index is 2.18. The summed E-state index contributed by atoms with van der Waals surface area (Å²) < 4.78 is 12.7. The van der Waals surface area contributed by atoms with Gasteiger partial charge in [0, 0.05) is 5.69 Å². The smallest absolute Gasteiger partial charge is 0.329 e. The van der Waals surface area contributed by atoms with E-state index in [1.807, 2.05) is 0 Å². The molecule has 1 aliphatic carbocycles. The Morgan fingerprint density at radius 3 is 2.31 bits per heavy atom. The van der Waals surface area contributed by atoms with Crippen LogP contribution in [-0.4, -0.2) is 16.6 Å². The van der Waals surface area contributed by atoms with Crippen molar-refractivity contribution in [3.63, 3.8) is 0 Å². The number of halogens is 1. The molecule has 0 radical (unpaired) electrons. The third kappa shape index (κ3) is 2.01. The van der Waals surface area contributed by atoms with Gasteiger partial charge in [-0.2, -0.15) is 0 Å². The topological polar surface area (TPSA) is 49.3 Å². The van der Waals surface area contributed by atoms with Crippen LogP contribution in [0.3, 0.4) is 0 Å². The van der Waals surface area contributed by atoms with Crippen LogP contribution >= 0.6 is 0 Å². The Kier molecular flexibility index (Phi) is 2.81. The number of carbonyl (C=O) groups is 1. The normalized spacial score (nSPS) is 18.3. The number of carboxylic acids is 1. The van der Waals surface area contributed by atoms with Gasteiger partial charge in [0.05, 0.1) is 0 Å². The zero-order valence-electron chi connectivity index (χ0n) is 8.87. The Labute approximate surface area is 93.3 Å². The van der Waals surface area contributed by atoms with Crippen molar-refractivity contribution >= 4 is 11.7 Å². The van der Waals surface area contributed by atoms with E-state index in [4.69, 9.17) is 0 Å². The highest BCUT2D eigenvalue weighted by atomic mass is 19.1. The number of benzene rings is 1. The van der Waals surface area contributed by atoms with Crippen LogP contribution in [0.4, 0.5) is 10.1 Å². The number of carboxylic acid groups (broad SMARTS) is 1. The molecule has 16 heavy (non-hydrogen) atoms. The quantitative estimate of drug-likeness (QED) is 0.828. The summed E-state index contributed by atoms with van der Waals surface area (Å²) in [5, 5.41) is 12.3. The highest BCUT2D eigenvalue weighted by Gasteiger charge is 2.41. The van der Waals surface area contributed by atoms with E-state index in [-0.39, 0.29) is 5.82 Å². The van der Waals surface area contributed by atoms with E-state index in [9.17, 15) is 14.3 Å². The van der Waals surface area contributed by atoms with Crippen LogP contribution < -0.4 is 5.32 Å². The van der Waals surface area contributed by atoms with Gasteiger partial charge in [0.15, 0.2) is 0 Å². The van der Waals surface area contributed by atoms with Crippen LogP contribution in [0.1, 0.15) is 25.7 Å². The molecule has 1 aromatic carbocycles. The summed E-state index contributed by atoms with van der Waals surface area (Å²) in [7, 11) is 0. The zero-order chi connectivity index (χ0) is 11.6. The molecule has 0 spiro atoms. The molecule has 2 N–H and O–H groups in total. The molecule has 0 saturated heterocycles. The summed E-state index contributed by atoms with van der Waals surface area (Å²) in [6.07, 6.45) is 3.08. The molecule has 1 aromatic rings. The Hall–Kier alpha value is -1.58. The minimum atomic E-state index is -0.863. The van der Waals surface area contributed by atoms with E-state index < -0.39 is 11.5 Å². The maximum absolute atomic E-state index is 12.7. The number of hydrogen-bond donors (Lipinski definition) is 2. The molecule has 0 atom stereocenters. The summed E-state index contributed by atoms with van der Waals surface area (Å²) in [6.45, 7) is 0. The molecule has 1 saturated carbocycles. The molecular formula is C12H14FNO2. The highest BCUT2D eigenvalue weighted by Crippen LogP contribution is 2.33. The van der Waals surface area contributed by atoms with Crippen LogP contribution in [0.25, 0.3) is 0 Å². The fourth-order valence-electron chi connectivity index (χ4n) is 2.18. The van der Waals surface area contributed by atoms with Crippen LogP contribution in [-0.2, 0) is 4.79 Å². The van der Waals surface area contributed by atoms with Gasteiger partial charge < -0.3 is 10.4 Å². The van der Waals surface area contributed by atoms with Crippen LogP contribution in [0, 0.1) is 5.82 Å². The van der Waals surface area contributed by atoms with Gasteiger partial charge in [-0.05, 0) is 37.1 Å². The van der Waals surface area contributed by atoms with E-state index in [1.165, 1.54) is 12.1 Å². The fraction of sp³-hybridized carbons (Fsp3) is 0.417. The second-order valence-electron chi connectivity index (χ2n) is 4.23. The number of nitrogens with one attached hydrogen (secondary N) is 1. The average molecular weight is 223 g/mol. The lowest BCUT2D eigenvalue weighted by molar-refractivity contribution is -0.142. The highest BCUT2D eigenvalue weighted by molar-refractivity contribution is 5.83. The second kappa shape index (κ2) is 4.12. The largest absolute Gasteiger partial charge is 0.480 e. The summed E-state index contributed by atoms with van der Waals surface area (Å²) >= 11 is 0. The number of aliphatic carboxylic acids is 1. The minimum Gasteiger partial charge on any atom is -0.480 e. The number of anilines is 1. The summed E-state index contributed by atoms with van der Waals surface area (Å²) in [5.41, 5.74) is -0.205. The molecule has 3 nitrogen and oxygen atoms in total. The van der Waals surface area contributed by atoms with Gasteiger partial charge in [0.2, 0.25) is 0 Å². The van der Waals surface area contributed by atoms with Gasteiger partial charge in [-0.15, -0.1) is 0 Å². The van der Waals surface area contributed by atoms with Crippen LogP contribution in [0.5, 0.6) is 0 Å². The average Bonchev–Trinajstić information content (AvgIpc) is 2.71. The van der Waals surface area contributed by atoms with Crippen molar-refractivity contribution in [2.75, 3.05) is 5.32 Å². The van der Waals surface area contributed by atoms with E-state index in [1.54, 1.807) is 12.1 Å². The third-order valence-electron chi connectivity index (χ3n) is 3.09. The van der Waals surface area contributed by atoms with Crippen molar-refractivity contribution in [2.45, 2.75) is 31.2 Å².